The van der Waals surface area contributed by atoms with Crippen LogP contribution in [0.2, 0.25) is 0 Å². The van der Waals surface area contributed by atoms with E-state index in [-0.39, 0.29) is 17.8 Å². The Morgan fingerprint density at radius 3 is 2.83 bits per heavy atom. The smallest absolute Gasteiger partial charge is 0.355 e. The largest absolute Gasteiger partial charge is 0.476 e. The standard InChI is InChI=1S/C11H8F2N2O2S/c12-7-2-1-6(8(13)3-7)4-14-11-15-9(5-18-11)10(16)17/h1-3,5H,4H2,(H,14,15)(H,16,17). The van der Waals surface area contributed by atoms with Crippen molar-refractivity contribution in [2.75, 3.05) is 5.32 Å². The third kappa shape index (κ3) is 2.80. The molecule has 1 aromatic carbocycles. The van der Waals surface area contributed by atoms with Crippen molar-refractivity contribution in [2.24, 2.45) is 0 Å². The monoisotopic (exact) mass is 270 g/mol. The molecule has 0 aliphatic carbocycles. The zero-order chi connectivity index (χ0) is 13.1. The van der Waals surface area contributed by atoms with Gasteiger partial charge >= 0.3 is 5.97 Å². The summed E-state index contributed by atoms with van der Waals surface area (Å²) in [5.74, 6) is -2.41. The topological polar surface area (TPSA) is 62.2 Å². The van der Waals surface area contributed by atoms with Gasteiger partial charge in [-0.05, 0) is 6.07 Å². The van der Waals surface area contributed by atoms with Crippen LogP contribution in [0.5, 0.6) is 0 Å². The van der Waals surface area contributed by atoms with Gasteiger partial charge in [-0.3, -0.25) is 0 Å². The van der Waals surface area contributed by atoms with Gasteiger partial charge in [-0.1, -0.05) is 6.07 Å². The van der Waals surface area contributed by atoms with E-state index in [1.807, 2.05) is 0 Å². The van der Waals surface area contributed by atoms with Crippen molar-refractivity contribution in [1.82, 2.24) is 4.98 Å². The van der Waals surface area contributed by atoms with Crippen LogP contribution < -0.4 is 5.32 Å². The van der Waals surface area contributed by atoms with Crippen LogP contribution in [0, 0.1) is 11.6 Å². The molecule has 0 spiro atoms. The van der Waals surface area contributed by atoms with E-state index >= 15 is 0 Å². The summed E-state index contributed by atoms with van der Waals surface area (Å²) in [4.78, 5) is 14.4. The molecule has 2 rings (SSSR count). The van der Waals surface area contributed by atoms with Gasteiger partial charge in [0.05, 0.1) is 0 Å². The summed E-state index contributed by atoms with van der Waals surface area (Å²) in [5, 5.41) is 13.2. The molecule has 0 unspecified atom stereocenters. The first-order valence-corrected chi connectivity index (χ1v) is 5.81. The Morgan fingerprint density at radius 1 is 1.44 bits per heavy atom. The maximum Gasteiger partial charge on any atom is 0.355 e. The first-order chi connectivity index (χ1) is 8.56. The number of anilines is 1. The quantitative estimate of drug-likeness (QED) is 0.896. The Hall–Kier alpha value is -2.02. The third-order valence-electron chi connectivity index (χ3n) is 2.17. The molecule has 0 aliphatic heterocycles. The maximum atomic E-state index is 13.3. The summed E-state index contributed by atoms with van der Waals surface area (Å²) in [6, 6.07) is 3.27. The van der Waals surface area contributed by atoms with E-state index in [0.717, 1.165) is 23.5 Å². The average Bonchev–Trinajstić information content (AvgIpc) is 2.76. The van der Waals surface area contributed by atoms with Gasteiger partial charge in [-0.15, -0.1) is 11.3 Å². The van der Waals surface area contributed by atoms with Crippen molar-refractivity contribution >= 4 is 22.4 Å². The lowest BCUT2D eigenvalue weighted by atomic mass is 10.2. The minimum Gasteiger partial charge on any atom is -0.476 e. The fourth-order valence-corrected chi connectivity index (χ4v) is 1.97. The molecule has 0 fully saturated rings. The molecule has 2 aromatic rings. The number of benzene rings is 1. The number of nitrogens with zero attached hydrogens (tertiary/aromatic N) is 1. The van der Waals surface area contributed by atoms with Gasteiger partial charge in [0.25, 0.3) is 0 Å². The van der Waals surface area contributed by atoms with Crippen LogP contribution in [-0.4, -0.2) is 16.1 Å². The highest BCUT2D eigenvalue weighted by Gasteiger charge is 2.09. The Balaban J connectivity index is 2.04. The zero-order valence-electron chi connectivity index (χ0n) is 8.98. The second-order valence-electron chi connectivity index (χ2n) is 3.43. The summed E-state index contributed by atoms with van der Waals surface area (Å²) < 4.78 is 26.0. The Morgan fingerprint density at radius 2 is 2.22 bits per heavy atom. The molecule has 2 N–H and O–H groups in total. The number of hydrogen-bond acceptors (Lipinski definition) is 4. The summed E-state index contributed by atoms with van der Waals surface area (Å²) in [6.07, 6.45) is 0. The van der Waals surface area contributed by atoms with Gasteiger partial charge in [-0.2, -0.15) is 0 Å². The van der Waals surface area contributed by atoms with Crippen LogP contribution in [0.15, 0.2) is 23.6 Å². The van der Waals surface area contributed by atoms with Crippen molar-refractivity contribution in [2.45, 2.75) is 6.54 Å². The fourth-order valence-electron chi connectivity index (χ4n) is 1.29. The molecule has 0 saturated carbocycles. The van der Waals surface area contributed by atoms with Crippen molar-refractivity contribution in [1.29, 1.82) is 0 Å². The summed E-state index contributed by atoms with van der Waals surface area (Å²) in [5.41, 5.74) is 0.213. The molecule has 0 radical (unpaired) electrons. The number of aromatic carboxylic acids is 1. The van der Waals surface area contributed by atoms with Gasteiger partial charge < -0.3 is 10.4 Å². The SMILES string of the molecule is O=C(O)c1csc(NCc2ccc(F)cc2F)n1. The van der Waals surface area contributed by atoms with Crippen LogP contribution in [-0.2, 0) is 6.54 Å². The molecule has 0 aliphatic rings. The molecule has 7 heteroatoms. The number of halogens is 2. The van der Waals surface area contributed by atoms with Crippen LogP contribution in [0.25, 0.3) is 0 Å². The predicted octanol–water partition coefficient (Wildman–Crippen LogP) is 2.73. The zero-order valence-corrected chi connectivity index (χ0v) is 9.80. The summed E-state index contributed by atoms with van der Waals surface area (Å²) >= 11 is 1.11. The summed E-state index contributed by atoms with van der Waals surface area (Å²) in [6.45, 7) is 0.110. The molecular formula is C11H8F2N2O2S. The number of nitrogens with one attached hydrogen (secondary N) is 1. The number of thiazole rings is 1. The lowest BCUT2D eigenvalue weighted by Crippen LogP contribution is -2.03. The second kappa shape index (κ2) is 5.09. The first kappa shape index (κ1) is 12.4. The number of aromatic nitrogens is 1. The average molecular weight is 270 g/mol. The van der Waals surface area contributed by atoms with E-state index in [1.165, 1.54) is 11.4 Å². The molecule has 1 heterocycles. The highest BCUT2D eigenvalue weighted by Crippen LogP contribution is 2.17. The van der Waals surface area contributed by atoms with Gasteiger partial charge in [0.2, 0.25) is 0 Å². The molecule has 1 aromatic heterocycles. The molecule has 0 bridgehead atoms. The molecular weight excluding hydrogens is 262 g/mol. The van der Waals surface area contributed by atoms with Crippen LogP contribution in [0.4, 0.5) is 13.9 Å². The Bertz CT molecular complexity index is 586. The van der Waals surface area contributed by atoms with E-state index in [4.69, 9.17) is 5.11 Å². The number of hydrogen-bond donors (Lipinski definition) is 2. The predicted molar refractivity (Wildman–Crippen MR) is 62.8 cm³/mol. The van der Waals surface area contributed by atoms with Crippen molar-refractivity contribution in [3.8, 4) is 0 Å². The molecule has 0 saturated heterocycles. The minimum absolute atomic E-state index is 0.0675. The van der Waals surface area contributed by atoms with Gasteiger partial charge in [0.1, 0.15) is 11.6 Å². The fraction of sp³-hybridized carbons (Fsp3) is 0.0909. The highest BCUT2D eigenvalue weighted by atomic mass is 32.1. The number of rotatable bonds is 4. The van der Waals surface area contributed by atoms with Crippen LogP contribution >= 0.6 is 11.3 Å². The number of carbonyl (C=O) groups is 1. The molecule has 18 heavy (non-hydrogen) atoms. The minimum atomic E-state index is -1.12. The lowest BCUT2D eigenvalue weighted by molar-refractivity contribution is 0.0691. The van der Waals surface area contributed by atoms with E-state index in [2.05, 4.69) is 10.3 Å². The highest BCUT2D eigenvalue weighted by molar-refractivity contribution is 7.13. The number of carboxylic acid groups (broad SMARTS) is 1. The Kier molecular flexibility index (Phi) is 3.52. The molecule has 0 amide bonds. The molecule has 4 nitrogen and oxygen atoms in total. The van der Waals surface area contributed by atoms with Crippen molar-refractivity contribution in [3.63, 3.8) is 0 Å². The normalized spacial score (nSPS) is 10.3. The molecule has 94 valence electrons. The lowest BCUT2D eigenvalue weighted by Gasteiger charge is -2.04. The molecule has 0 atom stereocenters. The van der Waals surface area contributed by atoms with E-state index in [9.17, 15) is 13.6 Å². The van der Waals surface area contributed by atoms with E-state index in [1.54, 1.807) is 0 Å². The van der Waals surface area contributed by atoms with Gasteiger partial charge in [0, 0.05) is 23.6 Å². The van der Waals surface area contributed by atoms with Crippen molar-refractivity contribution in [3.05, 3.63) is 46.5 Å². The second-order valence-corrected chi connectivity index (χ2v) is 4.29. The van der Waals surface area contributed by atoms with E-state index < -0.39 is 17.6 Å². The summed E-state index contributed by atoms with van der Waals surface area (Å²) in [7, 11) is 0. The van der Waals surface area contributed by atoms with E-state index in [0.29, 0.717) is 5.13 Å². The maximum absolute atomic E-state index is 13.3. The number of carboxylic acids is 1. The Labute approximate surface area is 105 Å². The third-order valence-corrected chi connectivity index (χ3v) is 2.97. The van der Waals surface area contributed by atoms with Crippen LogP contribution in [0.1, 0.15) is 16.1 Å². The van der Waals surface area contributed by atoms with Crippen molar-refractivity contribution < 1.29 is 18.7 Å². The first-order valence-electron chi connectivity index (χ1n) is 4.93. The van der Waals surface area contributed by atoms with Gasteiger partial charge in [0.15, 0.2) is 10.8 Å². The van der Waals surface area contributed by atoms with Gasteiger partial charge in [-0.25, -0.2) is 18.6 Å². The van der Waals surface area contributed by atoms with Crippen LogP contribution in [0.3, 0.4) is 0 Å².